The van der Waals surface area contributed by atoms with Crippen LogP contribution >= 0.6 is 0 Å². The molecule has 1 aromatic carbocycles. The lowest BCUT2D eigenvalue weighted by atomic mass is 9.99. The average molecular weight is 409 g/mol. The van der Waals surface area contributed by atoms with Gasteiger partial charge in [0, 0.05) is 38.0 Å². The number of carbonyl (C=O) groups is 2. The summed E-state index contributed by atoms with van der Waals surface area (Å²) in [4.78, 5) is 34.9. The molecule has 2 saturated heterocycles. The SMILES string of the molecule is CC1CCN(C(=O)Cn2c(C3CC(=O)N(C4CCCC4)C3)nc3ccccc32)CC1. The summed E-state index contributed by atoms with van der Waals surface area (Å²) in [5.41, 5.74) is 1.91. The Bertz CT molecular complexity index is 938. The Labute approximate surface area is 178 Å². The summed E-state index contributed by atoms with van der Waals surface area (Å²) < 4.78 is 2.09. The monoisotopic (exact) mass is 408 g/mol. The van der Waals surface area contributed by atoms with E-state index in [-0.39, 0.29) is 17.7 Å². The van der Waals surface area contributed by atoms with Gasteiger partial charge in [-0.25, -0.2) is 4.98 Å². The molecule has 0 N–H and O–H groups in total. The molecule has 3 aliphatic rings. The van der Waals surface area contributed by atoms with Crippen LogP contribution in [-0.2, 0) is 16.1 Å². The maximum absolute atomic E-state index is 13.1. The number of hydrogen-bond acceptors (Lipinski definition) is 3. The van der Waals surface area contributed by atoms with Crippen molar-refractivity contribution in [2.24, 2.45) is 5.92 Å². The number of carbonyl (C=O) groups excluding carboxylic acids is 2. The van der Waals surface area contributed by atoms with Crippen LogP contribution in [0.15, 0.2) is 24.3 Å². The average Bonchev–Trinajstić information content (AvgIpc) is 3.47. The summed E-state index contributed by atoms with van der Waals surface area (Å²) in [5, 5.41) is 0. The second-order valence-electron chi connectivity index (χ2n) is 9.49. The molecular weight excluding hydrogens is 376 g/mol. The first-order valence-corrected chi connectivity index (χ1v) is 11.6. The zero-order valence-corrected chi connectivity index (χ0v) is 17.9. The van der Waals surface area contributed by atoms with Crippen LogP contribution in [0, 0.1) is 5.92 Å². The van der Waals surface area contributed by atoms with Crippen LogP contribution in [0.4, 0.5) is 0 Å². The number of rotatable bonds is 4. The molecule has 2 aromatic rings. The summed E-state index contributed by atoms with van der Waals surface area (Å²) in [6.45, 7) is 5.01. The van der Waals surface area contributed by atoms with Gasteiger partial charge in [-0.2, -0.15) is 0 Å². The Morgan fingerprint density at radius 3 is 2.60 bits per heavy atom. The van der Waals surface area contributed by atoms with Crippen molar-refractivity contribution in [2.45, 2.75) is 70.4 Å². The van der Waals surface area contributed by atoms with Crippen molar-refractivity contribution in [1.29, 1.82) is 0 Å². The molecule has 3 heterocycles. The predicted molar refractivity (Wildman–Crippen MR) is 116 cm³/mol. The minimum atomic E-state index is 0.0691. The van der Waals surface area contributed by atoms with Crippen LogP contribution in [0.25, 0.3) is 11.0 Å². The lowest BCUT2D eigenvalue weighted by Gasteiger charge is -2.30. The molecule has 6 nitrogen and oxygen atoms in total. The van der Waals surface area contributed by atoms with Gasteiger partial charge in [0.05, 0.1) is 11.0 Å². The van der Waals surface area contributed by atoms with E-state index in [2.05, 4.69) is 16.4 Å². The Morgan fingerprint density at radius 2 is 1.83 bits per heavy atom. The first-order valence-electron chi connectivity index (χ1n) is 11.6. The maximum atomic E-state index is 13.1. The molecule has 1 unspecified atom stereocenters. The second kappa shape index (κ2) is 8.05. The molecule has 5 rings (SSSR count). The number of para-hydroxylation sites is 2. The molecule has 1 aliphatic carbocycles. The molecule has 1 atom stereocenters. The highest BCUT2D eigenvalue weighted by atomic mass is 16.2. The van der Waals surface area contributed by atoms with E-state index in [0.29, 0.717) is 24.9 Å². The maximum Gasteiger partial charge on any atom is 0.242 e. The van der Waals surface area contributed by atoms with Gasteiger partial charge >= 0.3 is 0 Å². The quantitative estimate of drug-likeness (QED) is 0.777. The number of imidazole rings is 1. The smallest absolute Gasteiger partial charge is 0.242 e. The van der Waals surface area contributed by atoms with Crippen LogP contribution in [0.3, 0.4) is 0 Å². The van der Waals surface area contributed by atoms with Crippen LogP contribution in [0.5, 0.6) is 0 Å². The van der Waals surface area contributed by atoms with Crippen LogP contribution in [0.2, 0.25) is 0 Å². The molecule has 30 heavy (non-hydrogen) atoms. The molecule has 160 valence electrons. The van der Waals surface area contributed by atoms with E-state index in [9.17, 15) is 9.59 Å². The lowest BCUT2D eigenvalue weighted by Crippen LogP contribution is -2.40. The number of piperidine rings is 1. The van der Waals surface area contributed by atoms with Crippen molar-refractivity contribution >= 4 is 22.8 Å². The highest BCUT2D eigenvalue weighted by molar-refractivity contribution is 5.83. The standard InChI is InChI=1S/C24H32N4O2/c1-17-10-12-26(13-11-17)23(30)16-28-21-9-5-4-8-20(21)25-24(28)18-14-22(29)27(15-18)19-6-2-3-7-19/h4-5,8-9,17-19H,2-3,6-7,10-16H2,1H3. The van der Waals surface area contributed by atoms with Crippen LogP contribution in [-0.4, -0.2) is 56.8 Å². The van der Waals surface area contributed by atoms with Crippen molar-refractivity contribution in [3.05, 3.63) is 30.1 Å². The highest BCUT2D eigenvalue weighted by Crippen LogP contribution is 2.35. The first kappa shape index (κ1) is 19.6. The van der Waals surface area contributed by atoms with E-state index in [0.717, 1.165) is 62.2 Å². The minimum absolute atomic E-state index is 0.0691. The van der Waals surface area contributed by atoms with Crippen molar-refractivity contribution in [3.63, 3.8) is 0 Å². The lowest BCUT2D eigenvalue weighted by molar-refractivity contribution is -0.133. The summed E-state index contributed by atoms with van der Waals surface area (Å²) in [7, 11) is 0. The van der Waals surface area contributed by atoms with Crippen molar-refractivity contribution in [3.8, 4) is 0 Å². The number of likely N-dealkylation sites (tertiary alicyclic amines) is 2. The molecule has 0 bridgehead atoms. The normalized spacial score (nSPS) is 23.8. The van der Waals surface area contributed by atoms with Gasteiger partial charge < -0.3 is 14.4 Å². The van der Waals surface area contributed by atoms with Crippen LogP contribution in [0.1, 0.15) is 63.6 Å². The minimum Gasteiger partial charge on any atom is -0.341 e. The van der Waals surface area contributed by atoms with Gasteiger partial charge in [-0.15, -0.1) is 0 Å². The summed E-state index contributed by atoms with van der Waals surface area (Å²) >= 11 is 0. The van der Waals surface area contributed by atoms with Gasteiger partial charge in [0.15, 0.2) is 0 Å². The Kier molecular flexibility index (Phi) is 5.25. The van der Waals surface area contributed by atoms with Gasteiger partial charge in [0.2, 0.25) is 11.8 Å². The topological polar surface area (TPSA) is 58.4 Å². The molecule has 6 heteroatoms. The fourth-order valence-electron chi connectivity index (χ4n) is 5.54. The second-order valence-corrected chi connectivity index (χ2v) is 9.49. The largest absolute Gasteiger partial charge is 0.341 e. The van der Waals surface area contributed by atoms with E-state index in [1.54, 1.807) is 0 Å². The van der Waals surface area contributed by atoms with Gasteiger partial charge in [0.1, 0.15) is 12.4 Å². The number of hydrogen-bond donors (Lipinski definition) is 0. The number of fused-ring (bicyclic) bond motifs is 1. The van der Waals surface area contributed by atoms with E-state index in [4.69, 9.17) is 4.98 Å². The van der Waals surface area contributed by atoms with Gasteiger partial charge in [0.25, 0.3) is 0 Å². The highest BCUT2D eigenvalue weighted by Gasteiger charge is 2.38. The van der Waals surface area contributed by atoms with Gasteiger partial charge in [-0.3, -0.25) is 9.59 Å². The molecular formula is C24H32N4O2. The third-order valence-electron chi connectivity index (χ3n) is 7.40. The van der Waals surface area contributed by atoms with Crippen molar-refractivity contribution in [1.82, 2.24) is 19.4 Å². The molecule has 0 radical (unpaired) electrons. The van der Waals surface area contributed by atoms with E-state index in [1.807, 2.05) is 29.2 Å². The summed E-state index contributed by atoms with van der Waals surface area (Å²) in [6.07, 6.45) is 7.37. The fourth-order valence-corrected chi connectivity index (χ4v) is 5.54. The molecule has 3 fully saturated rings. The van der Waals surface area contributed by atoms with Crippen molar-refractivity contribution < 1.29 is 9.59 Å². The molecule has 2 aliphatic heterocycles. The number of nitrogens with zero attached hydrogens (tertiary/aromatic N) is 4. The Balaban J connectivity index is 1.41. The fraction of sp³-hybridized carbons (Fsp3) is 0.625. The molecule has 2 amide bonds. The number of aromatic nitrogens is 2. The number of benzene rings is 1. The Morgan fingerprint density at radius 1 is 1.10 bits per heavy atom. The molecule has 0 spiro atoms. The third kappa shape index (κ3) is 3.61. The van der Waals surface area contributed by atoms with Gasteiger partial charge in [-0.05, 0) is 43.7 Å². The first-order chi connectivity index (χ1) is 14.6. The van der Waals surface area contributed by atoms with E-state index < -0.39 is 0 Å². The number of amides is 2. The summed E-state index contributed by atoms with van der Waals surface area (Å²) in [6, 6.07) is 8.44. The predicted octanol–water partition coefficient (Wildman–Crippen LogP) is 3.55. The van der Waals surface area contributed by atoms with E-state index in [1.165, 1.54) is 12.8 Å². The molecule has 1 saturated carbocycles. The molecule has 1 aromatic heterocycles. The third-order valence-corrected chi connectivity index (χ3v) is 7.40. The Hall–Kier alpha value is -2.37. The van der Waals surface area contributed by atoms with E-state index >= 15 is 0 Å². The summed E-state index contributed by atoms with van der Waals surface area (Å²) in [5.74, 6) is 2.10. The zero-order valence-electron chi connectivity index (χ0n) is 17.9. The van der Waals surface area contributed by atoms with Crippen LogP contribution < -0.4 is 0 Å². The zero-order chi connectivity index (χ0) is 20.7. The van der Waals surface area contributed by atoms with Gasteiger partial charge in [-0.1, -0.05) is 31.9 Å². The van der Waals surface area contributed by atoms with Crippen molar-refractivity contribution in [2.75, 3.05) is 19.6 Å².